The molecular weight excluding hydrogens is 320 g/mol. The minimum Gasteiger partial charge on any atom is -0.489 e. The van der Waals surface area contributed by atoms with Crippen LogP contribution in [0.25, 0.3) is 0 Å². The predicted molar refractivity (Wildman–Crippen MR) is 82.3 cm³/mol. The molecule has 1 amide bonds. The second-order valence-corrected chi connectivity index (χ2v) is 6.41. The fourth-order valence-corrected chi connectivity index (χ4v) is 3.07. The van der Waals surface area contributed by atoms with Crippen molar-refractivity contribution in [1.29, 1.82) is 0 Å². The van der Waals surface area contributed by atoms with Gasteiger partial charge in [-0.05, 0) is 42.9 Å². The standard InChI is InChI=1S/C17H21F2NO4/c18-17(19)24-15-4-3-12(6-16(15)23-9-11-1-2-11)13-5-14(8-21)20(7-13)10-22/h3-4,6,10-11,13-14,17,21H,1-2,5,7-9H2/t13?,14-/m0/s1. The molecule has 2 atom stereocenters. The Morgan fingerprint density at radius 2 is 2.12 bits per heavy atom. The average molecular weight is 341 g/mol. The summed E-state index contributed by atoms with van der Waals surface area (Å²) in [6.07, 6.45) is 3.56. The van der Waals surface area contributed by atoms with Crippen molar-refractivity contribution in [2.75, 3.05) is 19.8 Å². The van der Waals surface area contributed by atoms with Gasteiger partial charge in [-0.25, -0.2) is 0 Å². The summed E-state index contributed by atoms with van der Waals surface area (Å²) in [6, 6.07) is 4.71. The molecule has 0 spiro atoms. The highest BCUT2D eigenvalue weighted by Crippen LogP contribution is 2.38. The first-order chi connectivity index (χ1) is 11.6. The van der Waals surface area contributed by atoms with E-state index >= 15 is 0 Å². The Kier molecular flexibility index (Phi) is 5.18. The second-order valence-electron chi connectivity index (χ2n) is 6.41. The number of carbonyl (C=O) groups excluding carboxylic acids is 1. The molecule has 24 heavy (non-hydrogen) atoms. The van der Waals surface area contributed by atoms with E-state index in [2.05, 4.69) is 4.74 Å². The number of aliphatic hydroxyl groups excluding tert-OH is 1. The van der Waals surface area contributed by atoms with Crippen LogP contribution in [0.1, 0.15) is 30.7 Å². The number of halogens is 2. The van der Waals surface area contributed by atoms with E-state index in [1.807, 2.05) is 0 Å². The van der Waals surface area contributed by atoms with Crippen LogP contribution in [0, 0.1) is 5.92 Å². The van der Waals surface area contributed by atoms with Gasteiger partial charge in [0.05, 0.1) is 19.3 Å². The van der Waals surface area contributed by atoms with E-state index < -0.39 is 6.61 Å². The molecule has 0 bridgehead atoms. The van der Waals surface area contributed by atoms with E-state index in [1.54, 1.807) is 17.0 Å². The largest absolute Gasteiger partial charge is 0.489 e. The molecule has 1 saturated heterocycles. The highest BCUT2D eigenvalue weighted by atomic mass is 19.3. The normalized spacial score (nSPS) is 23.6. The smallest absolute Gasteiger partial charge is 0.387 e. The molecule has 2 aliphatic rings. The Balaban J connectivity index is 1.77. The Morgan fingerprint density at radius 1 is 1.33 bits per heavy atom. The summed E-state index contributed by atoms with van der Waals surface area (Å²) in [5.41, 5.74) is 0.894. The highest BCUT2D eigenvalue weighted by Gasteiger charge is 2.32. The maximum absolute atomic E-state index is 12.6. The fourth-order valence-electron chi connectivity index (χ4n) is 3.07. The molecule has 0 radical (unpaired) electrons. The van der Waals surface area contributed by atoms with Gasteiger partial charge < -0.3 is 19.5 Å². The lowest BCUT2D eigenvalue weighted by molar-refractivity contribution is -0.119. The van der Waals surface area contributed by atoms with Gasteiger partial charge in [-0.3, -0.25) is 4.79 Å². The van der Waals surface area contributed by atoms with Crippen LogP contribution in [-0.4, -0.2) is 48.8 Å². The van der Waals surface area contributed by atoms with Gasteiger partial charge in [-0.15, -0.1) is 0 Å². The molecule has 5 nitrogen and oxygen atoms in total. The predicted octanol–water partition coefficient (Wildman–Crippen LogP) is 2.38. The minimum atomic E-state index is -2.91. The lowest BCUT2D eigenvalue weighted by Gasteiger charge is -2.17. The third-order valence-corrected chi connectivity index (χ3v) is 4.63. The third-order valence-electron chi connectivity index (χ3n) is 4.63. The first-order valence-corrected chi connectivity index (χ1v) is 8.14. The zero-order valence-corrected chi connectivity index (χ0v) is 13.2. The van der Waals surface area contributed by atoms with Crippen LogP contribution in [0.5, 0.6) is 11.5 Å². The summed E-state index contributed by atoms with van der Waals surface area (Å²) in [5.74, 6) is 0.864. The molecule has 1 aromatic rings. The zero-order chi connectivity index (χ0) is 17.1. The molecule has 132 valence electrons. The SMILES string of the molecule is O=CN1CC(c2ccc(OC(F)F)c(OCC3CC3)c2)C[C@H]1CO. The number of alkyl halides is 2. The van der Waals surface area contributed by atoms with Crippen LogP contribution in [0.4, 0.5) is 8.78 Å². The van der Waals surface area contributed by atoms with Crippen molar-refractivity contribution in [3.05, 3.63) is 23.8 Å². The first kappa shape index (κ1) is 17.0. The molecule has 3 rings (SSSR count). The Hall–Kier alpha value is -1.89. The van der Waals surface area contributed by atoms with Gasteiger partial charge in [-0.2, -0.15) is 8.78 Å². The van der Waals surface area contributed by atoms with Gasteiger partial charge in [0, 0.05) is 12.5 Å². The monoisotopic (exact) mass is 341 g/mol. The molecule has 2 fully saturated rings. The van der Waals surface area contributed by atoms with Crippen LogP contribution >= 0.6 is 0 Å². The molecule has 1 heterocycles. The van der Waals surface area contributed by atoms with Gasteiger partial charge in [0.2, 0.25) is 6.41 Å². The number of ether oxygens (including phenoxy) is 2. The van der Waals surface area contributed by atoms with E-state index in [0.29, 0.717) is 31.2 Å². The summed E-state index contributed by atoms with van der Waals surface area (Å²) in [5, 5.41) is 9.35. The molecule has 1 aliphatic heterocycles. The van der Waals surface area contributed by atoms with Crippen molar-refractivity contribution in [3.8, 4) is 11.5 Å². The van der Waals surface area contributed by atoms with Crippen molar-refractivity contribution < 1.29 is 28.2 Å². The van der Waals surface area contributed by atoms with E-state index in [9.17, 15) is 18.7 Å². The van der Waals surface area contributed by atoms with Crippen LogP contribution in [0.3, 0.4) is 0 Å². The summed E-state index contributed by atoms with van der Waals surface area (Å²) < 4.78 is 35.3. The molecule has 1 saturated carbocycles. The topological polar surface area (TPSA) is 59.0 Å². The number of aliphatic hydroxyl groups is 1. The third kappa shape index (κ3) is 3.95. The van der Waals surface area contributed by atoms with Crippen LogP contribution in [0.2, 0.25) is 0 Å². The summed E-state index contributed by atoms with van der Waals surface area (Å²) in [7, 11) is 0. The Morgan fingerprint density at radius 3 is 2.71 bits per heavy atom. The number of hydrogen-bond acceptors (Lipinski definition) is 4. The lowest BCUT2D eigenvalue weighted by atomic mass is 9.96. The number of amides is 1. The quantitative estimate of drug-likeness (QED) is 0.738. The van der Waals surface area contributed by atoms with Gasteiger partial charge in [0.25, 0.3) is 0 Å². The molecule has 1 N–H and O–H groups in total. The van der Waals surface area contributed by atoms with Crippen molar-refractivity contribution in [2.45, 2.75) is 37.8 Å². The van der Waals surface area contributed by atoms with Crippen LogP contribution < -0.4 is 9.47 Å². The van der Waals surface area contributed by atoms with E-state index in [0.717, 1.165) is 24.8 Å². The van der Waals surface area contributed by atoms with E-state index in [-0.39, 0.29) is 24.3 Å². The summed E-state index contributed by atoms with van der Waals surface area (Å²) >= 11 is 0. The van der Waals surface area contributed by atoms with Crippen LogP contribution in [0.15, 0.2) is 18.2 Å². The van der Waals surface area contributed by atoms with Gasteiger partial charge in [0.1, 0.15) is 0 Å². The lowest BCUT2D eigenvalue weighted by Crippen LogP contribution is -2.30. The minimum absolute atomic E-state index is 0.0262. The Labute approximate surface area is 139 Å². The summed E-state index contributed by atoms with van der Waals surface area (Å²) in [6.45, 7) is -2.01. The molecule has 1 unspecified atom stereocenters. The number of nitrogens with zero attached hydrogens (tertiary/aromatic N) is 1. The number of carbonyl (C=O) groups is 1. The number of likely N-dealkylation sites (tertiary alicyclic amines) is 1. The maximum atomic E-state index is 12.6. The Bertz CT molecular complexity index is 580. The zero-order valence-electron chi connectivity index (χ0n) is 13.2. The van der Waals surface area contributed by atoms with Crippen LogP contribution in [-0.2, 0) is 4.79 Å². The molecule has 0 aromatic heterocycles. The van der Waals surface area contributed by atoms with Crippen molar-refractivity contribution in [3.63, 3.8) is 0 Å². The van der Waals surface area contributed by atoms with Crippen molar-refractivity contribution >= 4 is 6.41 Å². The molecule has 1 aliphatic carbocycles. The summed E-state index contributed by atoms with van der Waals surface area (Å²) in [4.78, 5) is 12.6. The van der Waals surface area contributed by atoms with Gasteiger partial charge >= 0.3 is 6.61 Å². The fraction of sp³-hybridized carbons (Fsp3) is 0.588. The van der Waals surface area contributed by atoms with E-state index in [4.69, 9.17) is 4.74 Å². The first-order valence-electron chi connectivity index (χ1n) is 8.14. The maximum Gasteiger partial charge on any atom is 0.387 e. The molecule has 7 heteroatoms. The number of benzene rings is 1. The molecular formula is C17H21F2NO4. The van der Waals surface area contributed by atoms with Crippen molar-refractivity contribution in [2.24, 2.45) is 5.92 Å². The van der Waals surface area contributed by atoms with Gasteiger partial charge in [0.15, 0.2) is 11.5 Å². The number of hydrogen-bond donors (Lipinski definition) is 1. The average Bonchev–Trinajstić information content (AvgIpc) is 3.30. The van der Waals surface area contributed by atoms with Crippen molar-refractivity contribution in [1.82, 2.24) is 4.90 Å². The van der Waals surface area contributed by atoms with E-state index in [1.165, 1.54) is 6.07 Å². The highest BCUT2D eigenvalue weighted by molar-refractivity contribution is 5.50. The molecule has 1 aromatic carbocycles. The van der Waals surface area contributed by atoms with Gasteiger partial charge in [-0.1, -0.05) is 6.07 Å². The second kappa shape index (κ2) is 7.34. The number of rotatable bonds is 8.